The summed E-state index contributed by atoms with van der Waals surface area (Å²) < 4.78 is 28.1. The first kappa shape index (κ1) is 17.3. The number of rotatable bonds is 9. The summed E-state index contributed by atoms with van der Waals surface area (Å²) in [5.74, 6) is 2.16. The van der Waals surface area contributed by atoms with Crippen molar-refractivity contribution in [3.63, 3.8) is 0 Å². The molecule has 0 saturated heterocycles. The third-order valence-corrected chi connectivity index (χ3v) is 5.61. The van der Waals surface area contributed by atoms with Crippen LogP contribution in [0.2, 0.25) is 0 Å². The maximum Gasteiger partial charge on any atom is 0.150 e. The average Bonchev–Trinajstić information content (AvgIpc) is 2.46. The van der Waals surface area contributed by atoms with Gasteiger partial charge in [0.25, 0.3) is 0 Å². The molecule has 1 unspecified atom stereocenters. The van der Waals surface area contributed by atoms with Crippen molar-refractivity contribution in [2.24, 2.45) is 5.92 Å². The van der Waals surface area contributed by atoms with Crippen molar-refractivity contribution in [3.8, 4) is 5.75 Å². The van der Waals surface area contributed by atoms with Crippen molar-refractivity contribution in [1.82, 2.24) is 0 Å². The fourth-order valence-electron chi connectivity index (χ4n) is 2.10. The maximum absolute atomic E-state index is 11.5. The molecule has 1 aromatic rings. The molecule has 0 bridgehead atoms. The Hall–Kier alpha value is -0.740. The molecule has 3 nitrogen and oxygen atoms in total. The van der Waals surface area contributed by atoms with Crippen molar-refractivity contribution in [2.45, 2.75) is 26.2 Å². The minimum Gasteiger partial charge on any atom is -0.497 e. The predicted molar refractivity (Wildman–Crippen MR) is 84.5 cm³/mol. The van der Waals surface area contributed by atoms with E-state index >= 15 is 0 Å². The summed E-state index contributed by atoms with van der Waals surface area (Å²) in [5.41, 5.74) is 1.17. The number of hydrogen-bond donors (Lipinski definition) is 0. The maximum atomic E-state index is 11.5. The van der Waals surface area contributed by atoms with Crippen LogP contribution in [0.4, 0.5) is 0 Å². The largest absolute Gasteiger partial charge is 0.497 e. The molecule has 0 fully saturated rings. The summed E-state index contributed by atoms with van der Waals surface area (Å²) in [5, 5.41) is 0. The summed E-state index contributed by atoms with van der Waals surface area (Å²) in [6.45, 7) is 1.69. The van der Waals surface area contributed by atoms with E-state index in [0.717, 1.165) is 18.6 Å². The first-order chi connectivity index (χ1) is 9.50. The third kappa shape index (κ3) is 6.14. The van der Waals surface area contributed by atoms with Crippen LogP contribution >= 0.6 is 11.6 Å². The molecule has 1 rings (SSSR count). The molecule has 0 aromatic heterocycles. The molecule has 0 aliphatic heterocycles. The van der Waals surface area contributed by atoms with Crippen LogP contribution in [0.15, 0.2) is 24.3 Å². The zero-order chi connectivity index (χ0) is 15.0. The molecular weight excluding hydrogens is 296 g/mol. The van der Waals surface area contributed by atoms with E-state index in [-0.39, 0.29) is 11.5 Å². The lowest BCUT2D eigenvalue weighted by Gasteiger charge is -2.14. The van der Waals surface area contributed by atoms with Gasteiger partial charge < -0.3 is 4.74 Å². The van der Waals surface area contributed by atoms with Crippen molar-refractivity contribution >= 4 is 21.4 Å². The standard InChI is InChI=1S/C15H23ClO3S/c1-3-20(17,18)9-5-7-14(12-16)10-13-6-4-8-15(11-13)19-2/h4,6,8,11,14H,3,5,7,9-10,12H2,1-2H3. The summed E-state index contributed by atoms with van der Waals surface area (Å²) in [7, 11) is -1.22. The molecule has 114 valence electrons. The van der Waals surface area contributed by atoms with E-state index in [1.807, 2.05) is 24.3 Å². The van der Waals surface area contributed by atoms with Gasteiger partial charge in [-0.2, -0.15) is 0 Å². The van der Waals surface area contributed by atoms with E-state index in [4.69, 9.17) is 16.3 Å². The number of benzene rings is 1. The lowest BCUT2D eigenvalue weighted by molar-refractivity contribution is 0.413. The van der Waals surface area contributed by atoms with E-state index in [1.165, 1.54) is 5.56 Å². The molecule has 0 radical (unpaired) electrons. The van der Waals surface area contributed by atoms with Crippen LogP contribution in [0.3, 0.4) is 0 Å². The van der Waals surface area contributed by atoms with E-state index in [2.05, 4.69) is 0 Å². The van der Waals surface area contributed by atoms with Crippen molar-refractivity contribution < 1.29 is 13.2 Å². The van der Waals surface area contributed by atoms with Crippen LogP contribution in [-0.4, -0.2) is 32.9 Å². The zero-order valence-electron chi connectivity index (χ0n) is 12.1. The Morgan fingerprint density at radius 3 is 2.70 bits per heavy atom. The van der Waals surface area contributed by atoms with Gasteiger partial charge >= 0.3 is 0 Å². The van der Waals surface area contributed by atoms with Crippen LogP contribution in [0, 0.1) is 5.92 Å². The van der Waals surface area contributed by atoms with Crippen molar-refractivity contribution in [3.05, 3.63) is 29.8 Å². The fourth-order valence-corrected chi connectivity index (χ4v) is 3.26. The van der Waals surface area contributed by atoms with Crippen molar-refractivity contribution in [2.75, 3.05) is 24.5 Å². The SMILES string of the molecule is CCS(=O)(=O)CCCC(CCl)Cc1cccc(OC)c1. The highest BCUT2D eigenvalue weighted by Crippen LogP contribution is 2.20. The van der Waals surface area contributed by atoms with Crippen LogP contribution in [-0.2, 0) is 16.3 Å². The summed E-state index contributed by atoms with van der Waals surface area (Å²) in [4.78, 5) is 0. The van der Waals surface area contributed by atoms with Crippen LogP contribution in [0.1, 0.15) is 25.3 Å². The Bertz CT molecular complexity index is 500. The zero-order valence-corrected chi connectivity index (χ0v) is 13.7. The number of ether oxygens (including phenoxy) is 1. The van der Waals surface area contributed by atoms with Gasteiger partial charge in [0, 0.05) is 11.6 Å². The quantitative estimate of drug-likeness (QED) is 0.656. The van der Waals surface area contributed by atoms with E-state index in [9.17, 15) is 8.42 Å². The van der Waals surface area contributed by atoms with E-state index in [1.54, 1.807) is 14.0 Å². The first-order valence-corrected chi connectivity index (χ1v) is 9.25. The van der Waals surface area contributed by atoms with Gasteiger partial charge in [0.15, 0.2) is 0 Å². The van der Waals surface area contributed by atoms with Gasteiger partial charge in [-0.05, 0) is 42.9 Å². The number of halogens is 1. The number of sulfone groups is 1. The van der Waals surface area contributed by atoms with Gasteiger partial charge in [0.05, 0.1) is 12.9 Å². The molecule has 0 spiro atoms. The second kappa shape index (κ2) is 8.53. The normalized spacial score (nSPS) is 13.2. The lowest BCUT2D eigenvalue weighted by atomic mass is 9.97. The molecule has 5 heteroatoms. The molecule has 0 heterocycles. The molecule has 0 aliphatic rings. The second-order valence-electron chi connectivity index (χ2n) is 4.95. The predicted octanol–water partition coefficient (Wildman–Crippen LogP) is 3.31. The lowest BCUT2D eigenvalue weighted by Crippen LogP contribution is -2.12. The molecule has 0 amide bonds. The molecule has 0 N–H and O–H groups in total. The van der Waals surface area contributed by atoms with E-state index < -0.39 is 9.84 Å². The summed E-state index contributed by atoms with van der Waals surface area (Å²) in [6.07, 6.45) is 2.37. The first-order valence-electron chi connectivity index (χ1n) is 6.90. The van der Waals surface area contributed by atoms with Crippen molar-refractivity contribution in [1.29, 1.82) is 0 Å². The van der Waals surface area contributed by atoms with Gasteiger partial charge in [-0.15, -0.1) is 11.6 Å². The van der Waals surface area contributed by atoms with Crippen LogP contribution in [0.5, 0.6) is 5.75 Å². The molecular formula is C15H23ClO3S. The monoisotopic (exact) mass is 318 g/mol. The highest BCUT2D eigenvalue weighted by Gasteiger charge is 2.12. The summed E-state index contributed by atoms with van der Waals surface area (Å²) in [6, 6.07) is 7.92. The van der Waals surface area contributed by atoms with Gasteiger partial charge in [-0.25, -0.2) is 8.42 Å². The van der Waals surface area contributed by atoms with Gasteiger partial charge in [-0.1, -0.05) is 19.1 Å². The van der Waals surface area contributed by atoms with Gasteiger partial charge in [0.2, 0.25) is 0 Å². The Balaban J connectivity index is 2.50. The Morgan fingerprint density at radius 1 is 1.35 bits per heavy atom. The molecule has 0 aliphatic carbocycles. The Kier molecular flexibility index (Phi) is 7.38. The van der Waals surface area contributed by atoms with E-state index in [0.29, 0.717) is 18.2 Å². The average molecular weight is 319 g/mol. The smallest absolute Gasteiger partial charge is 0.150 e. The summed E-state index contributed by atoms with van der Waals surface area (Å²) >= 11 is 5.99. The topological polar surface area (TPSA) is 43.4 Å². The van der Waals surface area contributed by atoms with Gasteiger partial charge in [-0.3, -0.25) is 0 Å². The second-order valence-corrected chi connectivity index (χ2v) is 7.74. The fraction of sp³-hybridized carbons (Fsp3) is 0.600. The Morgan fingerprint density at radius 2 is 2.10 bits per heavy atom. The highest BCUT2D eigenvalue weighted by molar-refractivity contribution is 7.91. The molecule has 1 atom stereocenters. The molecule has 20 heavy (non-hydrogen) atoms. The number of methoxy groups -OCH3 is 1. The highest BCUT2D eigenvalue weighted by atomic mass is 35.5. The minimum atomic E-state index is -2.87. The Labute approximate surface area is 127 Å². The molecule has 0 saturated carbocycles. The third-order valence-electron chi connectivity index (χ3n) is 3.38. The number of hydrogen-bond acceptors (Lipinski definition) is 3. The molecule has 1 aromatic carbocycles. The number of alkyl halides is 1. The minimum absolute atomic E-state index is 0.217. The van der Waals surface area contributed by atoms with Crippen LogP contribution < -0.4 is 4.74 Å². The van der Waals surface area contributed by atoms with Crippen LogP contribution in [0.25, 0.3) is 0 Å². The van der Waals surface area contributed by atoms with Gasteiger partial charge in [0.1, 0.15) is 15.6 Å².